The summed E-state index contributed by atoms with van der Waals surface area (Å²) in [5, 5.41) is 7.59. The first kappa shape index (κ1) is 9.20. The number of rotatable bonds is 1. The normalized spacial score (nSPS) is 28.1. The zero-order valence-electron chi connectivity index (χ0n) is 8.77. The quantitative estimate of drug-likeness (QED) is 0.658. The molecule has 0 aromatic rings. The van der Waals surface area contributed by atoms with Crippen LogP contribution >= 0.6 is 0 Å². The predicted molar refractivity (Wildman–Crippen MR) is 55.3 cm³/mol. The Morgan fingerprint density at radius 3 is 2.23 bits per heavy atom. The highest BCUT2D eigenvalue weighted by Crippen LogP contribution is 2.43. The minimum atomic E-state index is 0.620. The Kier molecular flexibility index (Phi) is 2.18. The van der Waals surface area contributed by atoms with Crippen molar-refractivity contribution in [3.63, 3.8) is 0 Å². The van der Waals surface area contributed by atoms with E-state index in [2.05, 4.69) is 18.7 Å². The van der Waals surface area contributed by atoms with Crippen molar-refractivity contribution in [1.29, 1.82) is 5.41 Å². The highest BCUT2D eigenvalue weighted by molar-refractivity contribution is 5.82. The van der Waals surface area contributed by atoms with Gasteiger partial charge in [0.2, 0.25) is 0 Å². The minimum absolute atomic E-state index is 0.620. The molecule has 1 saturated heterocycles. The summed E-state index contributed by atoms with van der Waals surface area (Å²) in [6, 6.07) is 0.715. The van der Waals surface area contributed by atoms with Crippen molar-refractivity contribution >= 4 is 5.71 Å². The molecular weight excluding hydrogens is 160 g/mol. The van der Waals surface area contributed by atoms with E-state index in [1.807, 2.05) is 0 Å². The molecule has 2 fully saturated rings. The van der Waals surface area contributed by atoms with E-state index in [0.717, 1.165) is 18.6 Å². The third-order valence-electron chi connectivity index (χ3n) is 3.72. The molecule has 2 rings (SSSR count). The van der Waals surface area contributed by atoms with E-state index in [1.54, 1.807) is 0 Å². The molecular formula is C11H20N2. The van der Waals surface area contributed by atoms with Gasteiger partial charge in [0.25, 0.3) is 0 Å². The Bertz CT molecular complexity index is 202. The molecule has 0 atom stereocenters. The summed E-state index contributed by atoms with van der Waals surface area (Å²) in [5.74, 6) is 0. The van der Waals surface area contributed by atoms with Crippen LogP contribution in [0, 0.1) is 10.8 Å². The molecule has 0 aromatic heterocycles. The smallest absolute Gasteiger partial charge is 0.00896 e. The van der Waals surface area contributed by atoms with E-state index in [-0.39, 0.29) is 0 Å². The summed E-state index contributed by atoms with van der Waals surface area (Å²) in [4.78, 5) is 2.55. The van der Waals surface area contributed by atoms with Gasteiger partial charge in [0.15, 0.2) is 0 Å². The molecule has 0 bridgehead atoms. The molecule has 0 unspecified atom stereocenters. The second kappa shape index (κ2) is 3.09. The van der Waals surface area contributed by atoms with Crippen molar-refractivity contribution in [3.05, 3.63) is 0 Å². The predicted octanol–water partition coefficient (Wildman–Crippen LogP) is 2.29. The van der Waals surface area contributed by atoms with Crippen LogP contribution in [0.15, 0.2) is 0 Å². The van der Waals surface area contributed by atoms with Crippen LogP contribution in [-0.2, 0) is 0 Å². The Morgan fingerprint density at radius 2 is 1.77 bits per heavy atom. The molecule has 1 aliphatic carbocycles. The summed E-state index contributed by atoms with van der Waals surface area (Å²) in [5.41, 5.74) is 1.60. The number of hydrogen-bond acceptors (Lipinski definition) is 2. The Morgan fingerprint density at radius 1 is 1.23 bits per heavy atom. The SMILES string of the molecule is CC(C)N1CC2(CCC(=N)CC2)C1. The van der Waals surface area contributed by atoms with E-state index in [1.165, 1.54) is 25.9 Å². The van der Waals surface area contributed by atoms with Crippen LogP contribution < -0.4 is 0 Å². The molecule has 1 aliphatic heterocycles. The van der Waals surface area contributed by atoms with Gasteiger partial charge in [-0.15, -0.1) is 0 Å². The van der Waals surface area contributed by atoms with Gasteiger partial charge in [0, 0.05) is 24.8 Å². The Balaban J connectivity index is 1.86. The summed E-state index contributed by atoms with van der Waals surface area (Å²) in [6.45, 7) is 7.13. The van der Waals surface area contributed by atoms with Gasteiger partial charge in [-0.25, -0.2) is 0 Å². The van der Waals surface area contributed by atoms with Crippen LogP contribution in [0.3, 0.4) is 0 Å². The molecule has 1 heterocycles. The summed E-state index contributed by atoms with van der Waals surface area (Å²) in [7, 11) is 0. The van der Waals surface area contributed by atoms with E-state index >= 15 is 0 Å². The van der Waals surface area contributed by atoms with Gasteiger partial charge in [0.05, 0.1) is 0 Å². The first-order valence-corrected chi connectivity index (χ1v) is 5.42. The number of nitrogens with zero attached hydrogens (tertiary/aromatic N) is 1. The van der Waals surface area contributed by atoms with Crippen LogP contribution in [0.4, 0.5) is 0 Å². The maximum absolute atomic E-state index is 7.59. The number of likely N-dealkylation sites (tertiary alicyclic amines) is 1. The highest BCUT2D eigenvalue weighted by atomic mass is 15.2. The van der Waals surface area contributed by atoms with Crippen LogP contribution in [0.25, 0.3) is 0 Å². The molecule has 13 heavy (non-hydrogen) atoms. The van der Waals surface area contributed by atoms with Crippen molar-refractivity contribution in [2.75, 3.05) is 13.1 Å². The lowest BCUT2D eigenvalue weighted by molar-refractivity contribution is -0.0354. The fourth-order valence-electron chi connectivity index (χ4n) is 2.58. The molecule has 1 spiro atoms. The van der Waals surface area contributed by atoms with E-state index in [0.29, 0.717) is 11.5 Å². The molecule has 2 nitrogen and oxygen atoms in total. The van der Waals surface area contributed by atoms with Gasteiger partial charge in [-0.1, -0.05) is 0 Å². The van der Waals surface area contributed by atoms with Crippen LogP contribution in [0.2, 0.25) is 0 Å². The number of nitrogens with one attached hydrogen (secondary N) is 1. The lowest BCUT2D eigenvalue weighted by Crippen LogP contribution is -2.59. The topological polar surface area (TPSA) is 27.1 Å². The maximum Gasteiger partial charge on any atom is 0.00896 e. The molecule has 1 saturated carbocycles. The maximum atomic E-state index is 7.59. The lowest BCUT2D eigenvalue weighted by Gasteiger charge is -2.54. The van der Waals surface area contributed by atoms with Gasteiger partial charge in [-0.05, 0) is 44.9 Å². The molecule has 0 aromatic carbocycles. The minimum Gasteiger partial charge on any atom is -0.310 e. The average Bonchev–Trinajstić information content (AvgIpc) is 2.02. The molecule has 2 heteroatoms. The van der Waals surface area contributed by atoms with Crippen molar-refractivity contribution in [2.45, 2.75) is 45.6 Å². The third kappa shape index (κ3) is 1.64. The first-order chi connectivity index (χ1) is 6.11. The van der Waals surface area contributed by atoms with Crippen LogP contribution in [-0.4, -0.2) is 29.7 Å². The van der Waals surface area contributed by atoms with Gasteiger partial charge in [-0.2, -0.15) is 0 Å². The van der Waals surface area contributed by atoms with Gasteiger partial charge >= 0.3 is 0 Å². The average molecular weight is 180 g/mol. The molecule has 2 aliphatic rings. The largest absolute Gasteiger partial charge is 0.310 e. The van der Waals surface area contributed by atoms with E-state index in [9.17, 15) is 0 Å². The zero-order chi connectivity index (χ0) is 9.47. The Hall–Kier alpha value is -0.370. The third-order valence-corrected chi connectivity index (χ3v) is 3.72. The second-order valence-corrected chi connectivity index (χ2v) is 5.10. The number of hydrogen-bond donors (Lipinski definition) is 1. The van der Waals surface area contributed by atoms with E-state index < -0.39 is 0 Å². The standard InChI is InChI=1S/C11H20N2/c1-9(2)13-7-11(8-13)5-3-10(12)4-6-11/h9,12H,3-8H2,1-2H3. The second-order valence-electron chi connectivity index (χ2n) is 5.10. The molecule has 0 amide bonds. The van der Waals surface area contributed by atoms with Crippen molar-refractivity contribution in [1.82, 2.24) is 4.90 Å². The summed E-state index contributed by atoms with van der Waals surface area (Å²) >= 11 is 0. The summed E-state index contributed by atoms with van der Waals surface area (Å²) < 4.78 is 0. The summed E-state index contributed by atoms with van der Waals surface area (Å²) in [6.07, 6.45) is 4.67. The van der Waals surface area contributed by atoms with Gasteiger partial charge in [0.1, 0.15) is 0 Å². The van der Waals surface area contributed by atoms with Crippen molar-refractivity contribution in [2.24, 2.45) is 5.41 Å². The van der Waals surface area contributed by atoms with E-state index in [4.69, 9.17) is 5.41 Å². The van der Waals surface area contributed by atoms with Gasteiger partial charge < -0.3 is 5.41 Å². The fourth-order valence-corrected chi connectivity index (χ4v) is 2.58. The fraction of sp³-hybridized carbons (Fsp3) is 0.909. The van der Waals surface area contributed by atoms with Crippen molar-refractivity contribution in [3.8, 4) is 0 Å². The monoisotopic (exact) mass is 180 g/mol. The zero-order valence-corrected chi connectivity index (χ0v) is 8.77. The molecule has 74 valence electrons. The van der Waals surface area contributed by atoms with Crippen molar-refractivity contribution < 1.29 is 0 Å². The van der Waals surface area contributed by atoms with Crippen LogP contribution in [0.5, 0.6) is 0 Å². The van der Waals surface area contributed by atoms with Gasteiger partial charge in [-0.3, -0.25) is 4.90 Å². The molecule has 0 radical (unpaired) electrons. The lowest BCUT2D eigenvalue weighted by atomic mass is 9.68. The highest BCUT2D eigenvalue weighted by Gasteiger charge is 2.44. The Labute approximate surface area is 80.8 Å². The molecule has 1 N–H and O–H groups in total. The first-order valence-electron chi connectivity index (χ1n) is 5.42. The van der Waals surface area contributed by atoms with Crippen LogP contribution in [0.1, 0.15) is 39.5 Å².